The van der Waals surface area contributed by atoms with E-state index in [1.807, 2.05) is 39.9 Å². The van der Waals surface area contributed by atoms with Gasteiger partial charge in [0.25, 0.3) is 11.6 Å². The molecule has 3 aromatic rings. The first-order chi connectivity index (χ1) is 16.1. The zero-order chi connectivity index (χ0) is 22.8. The first-order valence-corrected chi connectivity index (χ1v) is 11.1. The third-order valence-corrected chi connectivity index (χ3v) is 6.23. The molecule has 4 heterocycles. The Balaban J connectivity index is 1.26. The van der Waals surface area contributed by atoms with Crippen LogP contribution < -0.4 is 4.90 Å². The van der Waals surface area contributed by atoms with Gasteiger partial charge in [0.2, 0.25) is 0 Å². The highest BCUT2D eigenvalue weighted by Crippen LogP contribution is 2.31. The fraction of sp³-hybridized carbons (Fsp3) is 0.391. The van der Waals surface area contributed by atoms with Crippen LogP contribution in [-0.4, -0.2) is 82.5 Å². The van der Waals surface area contributed by atoms with Gasteiger partial charge in [-0.05, 0) is 24.3 Å². The number of nitro benzene ring substituents is 1. The summed E-state index contributed by atoms with van der Waals surface area (Å²) >= 11 is 0. The van der Waals surface area contributed by atoms with Crippen LogP contribution in [0.3, 0.4) is 0 Å². The number of carbonyl (C=O) groups is 1. The van der Waals surface area contributed by atoms with E-state index in [9.17, 15) is 14.9 Å². The molecule has 0 spiro atoms. The van der Waals surface area contributed by atoms with Gasteiger partial charge in [-0.2, -0.15) is 0 Å². The van der Waals surface area contributed by atoms with Crippen molar-refractivity contribution >= 4 is 22.9 Å². The fourth-order valence-electron chi connectivity index (χ4n) is 4.46. The molecule has 172 valence electrons. The molecule has 2 fully saturated rings. The minimum absolute atomic E-state index is 0.0251. The number of amides is 1. The van der Waals surface area contributed by atoms with Gasteiger partial charge < -0.3 is 18.9 Å². The maximum absolute atomic E-state index is 12.8. The van der Waals surface area contributed by atoms with Crippen LogP contribution in [0.1, 0.15) is 16.1 Å². The zero-order valence-corrected chi connectivity index (χ0v) is 18.3. The monoisotopic (exact) mass is 450 g/mol. The van der Waals surface area contributed by atoms with Crippen LogP contribution in [-0.2, 0) is 11.3 Å². The molecule has 0 atom stereocenters. The predicted octanol–water partition coefficient (Wildman–Crippen LogP) is 2.04. The van der Waals surface area contributed by atoms with E-state index in [2.05, 4.69) is 9.88 Å². The number of rotatable bonds is 5. The molecule has 10 nitrogen and oxygen atoms in total. The number of anilines is 1. The standard InChI is InChI=1S/C23H26N6O4/c30-23(27-11-13-33-14-12-27)18-4-5-20(21(15-18)29(31)32)26-9-7-25(8-10-26)16-19-17-28-6-2-1-3-22(28)24-19/h1-6,15,17H,7-14,16H2. The SMILES string of the molecule is O=C(c1ccc(N2CCN(Cc3cn4ccccc4n3)CC2)c([N+](=O)[O-])c1)N1CCOCC1. The minimum Gasteiger partial charge on any atom is -0.378 e. The van der Waals surface area contributed by atoms with E-state index in [1.165, 1.54) is 6.07 Å². The number of piperazine rings is 1. The van der Waals surface area contributed by atoms with Crippen LogP contribution in [0.15, 0.2) is 48.8 Å². The lowest BCUT2D eigenvalue weighted by molar-refractivity contribution is -0.384. The molecule has 2 saturated heterocycles. The molecule has 0 unspecified atom stereocenters. The summed E-state index contributed by atoms with van der Waals surface area (Å²) in [5.74, 6) is -0.190. The van der Waals surface area contributed by atoms with Gasteiger partial charge >= 0.3 is 0 Å². The third kappa shape index (κ3) is 4.53. The van der Waals surface area contributed by atoms with E-state index < -0.39 is 4.92 Å². The van der Waals surface area contributed by atoms with Crippen LogP contribution in [0.4, 0.5) is 11.4 Å². The number of aromatic nitrogens is 2. The van der Waals surface area contributed by atoms with Crippen molar-refractivity contribution in [1.82, 2.24) is 19.2 Å². The lowest BCUT2D eigenvalue weighted by atomic mass is 10.1. The highest BCUT2D eigenvalue weighted by Gasteiger charge is 2.27. The van der Waals surface area contributed by atoms with Crippen LogP contribution in [0.5, 0.6) is 0 Å². The summed E-state index contributed by atoms with van der Waals surface area (Å²) in [6, 6.07) is 10.7. The van der Waals surface area contributed by atoms with Gasteiger partial charge in [-0.15, -0.1) is 0 Å². The molecule has 0 aliphatic carbocycles. The molecule has 10 heteroatoms. The van der Waals surface area contributed by atoms with Gasteiger partial charge in [-0.3, -0.25) is 19.8 Å². The van der Waals surface area contributed by atoms with Crippen molar-refractivity contribution in [1.29, 1.82) is 0 Å². The van der Waals surface area contributed by atoms with E-state index in [-0.39, 0.29) is 11.6 Å². The second-order valence-electron chi connectivity index (χ2n) is 8.33. The Bertz CT molecular complexity index is 1130. The number of benzene rings is 1. The van der Waals surface area contributed by atoms with Crippen molar-refractivity contribution in [2.75, 3.05) is 57.4 Å². The average molecular weight is 450 g/mol. The number of carbonyl (C=O) groups excluding carboxylic acids is 1. The van der Waals surface area contributed by atoms with Gasteiger partial charge in [0.15, 0.2) is 0 Å². The number of hydrogen-bond donors (Lipinski definition) is 0. The van der Waals surface area contributed by atoms with E-state index in [0.717, 1.165) is 31.0 Å². The first-order valence-electron chi connectivity index (χ1n) is 11.1. The second-order valence-corrected chi connectivity index (χ2v) is 8.33. The van der Waals surface area contributed by atoms with Gasteiger partial charge in [0, 0.05) is 69.8 Å². The Morgan fingerprint density at radius 2 is 1.85 bits per heavy atom. The molecular formula is C23H26N6O4. The maximum atomic E-state index is 12.8. The van der Waals surface area contributed by atoms with Crippen molar-refractivity contribution in [3.8, 4) is 0 Å². The van der Waals surface area contributed by atoms with Crippen LogP contribution in [0, 0.1) is 10.1 Å². The molecule has 5 rings (SSSR count). The van der Waals surface area contributed by atoms with Gasteiger partial charge in [0.05, 0.1) is 23.8 Å². The summed E-state index contributed by atoms with van der Waals surface area (Å²) in [4.78, 5) is 34.9. The number of hydrogen-bond acceptors (Lipinski definition) is 7. The van der Waals surface area contributed by atoms with Crippen molar-refractivity contribution in [2.24, 2.45) is 0 Å². The molecule has 0 bridgehead atoms. The summed E-state index contributed by atoms with van der Waals surface area (Å²) in [6.07, 6.45) is 4.02. The highest BCUT2D eigenvalue weighted by atomic mass is 16.6. The topological polar surface area (TPSA) is 96.5 Å². The Labute approximate surface area is 191 Å². The van der Waals surface area contributed by atoms with Crippen molar-refractivity contribution < 1.29 is 14.5 Å². The summed E-state index contributed by atoms with van der Waals surface area (Å²) < 4.78 is 7.30. The molecule has 33 heavy (non-hydrogen) atoms. The van der Waals surface area contributed by atoms with Crippen molar-refractivity contribution in [3.63, 3.8) is 0 Å². The van der Waals surface area contributed by atoms with Gasteiger partial charge in [-0.25, -0.2) is 4.98 Å². The van der Waals surface area contributed by atoms with E-state index in [0.29, 0.717) is 50.6 Å². The van der Waals surface area contributed by atoms with Crippen molar-refractivity contribution in [2.45, 2.75) is 6.54 Å². The molecule has 0 saturated carbocycles. The third-order valence-electron chi connectivity index (χ3n) is 6.23. The lowest BCUT2D eigenvalue weighted by Gasteiger charge is -2.35. The molecule has 2 aliphatic rings. The molecule has 2 aromatic heterocycles. The normalized spacial score (nSPS) is 17.5. The highest BCUT2D eigenvalue weighted by molar-refractivity contribution is 5.96. The molecule has 2 aliphatic heterocycles. The summed E-state index contributed by atoms with van der Waals surface area (Å²) in [5.41, 5.74) is 2.81. The quantitative estimate of drug-likeness (QED) is 0.433. The number of nitro groups is 1. The Morgan fingerprint density at radius 1 is 1.06 bits per heavy atom. The molecule has 0 N–H and O–H groups in total. The minimum atomic E-state index is -0.394. The van der Waals surface area contributed by atoms with Gasteiger partial charge in [-0.1, -0.05) is 6.07 Å². The number of nitrogens with zero attached hydrogens (tertiary/aromatic N) is 6. The Morgan fingerprint density at radius 3 is 2.58 bits per heavy atom. The summed E-state index contributed by atoms with van der Waals surface area (Å²) in [7, 11) is 0. The van der Waals surface area contributed by atoms with E-state index in [1.54, 1.807) is 17.0 Å². The Hall–Kier alpha value is -3.50. The predicted molar refractivity (Wildman–Crippen MR) is 123 cm³/mol. The zero-order valence-electron chi connectivity index (χ0n) is 18.3. The van der Waals surface area contributed by atoms with E-state index >= 15 is 0 Å². The number of pyridine rings is 1. The van der Waals surface area contributed by atoms with E-state index in [4.69, 9.17) is 4.74 Å². The lowest BCUT2D eigenvalue weighted by Crippen LogP contribution is -2.46. The number of morpholine rings is 1. The fourth-order valence-corrected chi connectivity index (χ4v) is 4.46. The number of fused-ring (bicyclic) bond motifs is 1. The second kappa shape index (κ2) is 9.16. The molecular weight excluding hydrogens is 424 g/mol. The summed E-state index contributed by atoms with van der Waals surface area (Å²) in [5, 5.41) is 11.8. The largest absolute Gasteiger partial charge is 0.378 e. The molecule has 1 aromatic carbocycles. The smallest absolute Gasteiger partial charge is 0.293 e. The first kappa shape index (κ1) is 21.4. The van der Waals surface area contributed by atoms with Crippen molar-refractivity contribution in [3.05, 3.63) is 70.2 Å². The Kier molecular flexibility index (Phi) is 5.93. The van der Waals surface area contributed by atoms with Gasteiger partial charge in [0.1, 0.15) is 11.3 Å². The van der Waals surface area contributed by atoms with Crippen LogP contribution >= 0.6 is 0 Å². The number of ether oxygens (including phenoxy) is 1. The maximum Gasteiger partial charge on any atom is 0.293 e. The number of imidazole rings is 1. The molecule has 1 amide bonds. The average Bonchev–Trinajstić information content (AvgIpc) is 3.26. The summed E-state index contributed by atoms with van der Waals surface area (Å²) in [6.45, 7) is 5.63. The van der Waals surface area contributed by atoms with Crippen LogP contribution in [0.25, 0.3) is 5.65 Å². The molecule has 0 radical (unpaired) electrons. The van der Waals surface area contributed by atoms with Crippen LogP contribution in [0.2, 0.25) is 0 Å².